The number of rotatable bonds is 24. The lowest BCUT2D eigenvalue weighted by molar-refractivity contribution is 0.380. The summed E-state index contributed by atoms with van der Waals surface area (Å²) in [6, 6.07) is 84.8. The number of H-pyrrole nitrogens is 1. The van der Waals surface area contributed by atoms with Gasteiger partial charge in [-0.2, -0.15) is 25.5 Å². The third-order valence-electron chi connectivity index (χ3n) is 24.9. The lowest BCUT2D eigenvalue weighted by Gasteiger charge is -2.09. The number of benzene rings is 9. The summed E-state index contributed by atoms with van der Waals surface area (Å²) in [5.41, 5.74) is 31.7. The quantitative estimate of drug-likeness (QED) is 0.0603. The van der Waals surface area contributed by atoms with Gasteiger partial charge < -0.3 is 14.5 Å². The molecule has 1 N–H and O–H groups in total. The Bertz CT molecular complexity index is 6690. The Morgan fingerprint density at radius 2 is 0.716 bits per heavy atom. The van der Waals surface area contributed by atoms with Gasteiger partial charge in [0, 0.05) is 127 Å². The van der Waals surface area contributed by atoms with Crippen LogP contribution in [0.2, 0.25) is 0 Å². The van der Waals surface area contributed by atoms with Crippen LogP contribution in [-0.2, 0) is 20.1 Å². The molecule has 734 valence electrons. The van der Waals surface area contributed by atoms with Crippen LogP contribution in [0.25, 0.3) is 89.0 Å². The first-order chi connectivity index (χ1) is 67.7. The van der Waals surface area contributed by atoms with Gasteiger partial charge in [0.1, 0.15) is 0 Å². The van der Waals surface area contributed by atoms with Crippen molar-refractivity contribution < 1.29 is 9.47 Å². The van der Waals surface area contributed by atoms with Gasteiger partial charge in [-0.3, -0.25) is 23.4 Å². The summed E-state index contributed by atoms with van der Waals surface area (Å²) in [6.07, 6.45) is 32.4. The molecule has 18 rings (SSSR count). The Labute approximate surface area is 839 Å². The van der Waals surface area contributed by atoms with Crippen molar-refractivity contribution in [1.29, 1.82) is 0 Å². The van der Waals surface area contributed by atoms with E-state index in [9.17, 15) is 4.79 Å². The fourth-order valence-corrected chi connectivity index (χ4v) is 16.2. The molecule has 0 unspecified atom stereocenters. The van der Waals surface area contributed by atoms with E-state index in [1.807, 2.05) is 80.9 Å². The monoisotopic (exact) mass is 1880 g/mol. The van der Waals surface area contributed by atoms with Gasteiger partial charge in [-0.25, -0.2) is 24.7 Å². The number of nitrogens with one attached hydrogen (secondary N) is 1. The zero-order valence-electron chi connectivity index (χ0n) is 87.7. The van der Waals surface area contributed by atoms with E-state index in [4.69, 9.17) is 9.47 Å². The first-order valence-corrected chi connectivity index (χ1v) is 50.2. The summed E-state index contributed by atoms with van der Waals surface area (Å²) >= 11 is 0. The third-order valence-corrected chi connectivity index (χ3v) is 24.9. The number of hydrogen-bond donors (Lipinski definition) is 1. The van der Waals surface area contributed by atoms with Gasteiger partial charge in [-0.1, -0.05) is 362 Å². The number of ether oxygens (including phenoxy) is 2. The molecule has 0 amide bonds. The second kappa shape index (κ2) is 53.2. The van der Waals surface area contributed by atoms with E-state index in [2.05, 4.69) is 438 Å². The summed E-state index contributed by atoms with van der Waals surface area (Å²) in [7, 11) is 5.16. The van der Waals surface area contributed by atoms with Crippen LogP contribution in [0.15, 0.2) is 328 Å². The van der Waals surface area contributed by atoms with E-state index < -0.39 is 0 Å². The topological polar surface area (TPSA) is 192 Å². The maximum absolute atomic E-state index is 10.9. The van der Waals surface area contributed by atoms with Crippen LogP contribution < -0.4 is 15.2 Å². The number of methoxy groups -OCH3 is 2. The van der Waals surface area contributed by atoms with Gasteiger partial charge >= 0.3 is 11.7 Å². The molecule has 0 saturated heterocycles. The Morgan fingerprint density at radius 3 is 1.11 bits per heavy atom. The minimum atomic E-state index is -0.316. The van der Waals surface area contributed by atoms with E-state index in [0.29, 0.717) is 77.2 Å². The molecule has 1 aliphatic rings. The number of aromatic amines is 1. The first-order valence-electron chi connectivity index (χ1n) is 50.2. The summed E-state index contributed by atoms with van der Waals surface area (Å²) in [5.74, 6) is 5.65. The number of hydrogen-bond acceptors (Lipinski definition) is 12. The van der Waals surface area contributed by atoms with Gasteiger partial charge in [-0.05, 0) is 193 Å². The van der Waals surface area contributed by atoms with Crippen LogP contribution in [0.3, 0.4) is 0 Å². The van der Waals surface area contributed by atoms with Crippen LogP contribution in [0, 0.1) is 12.8 Å². The minimum Gasteiger partial charge on any atom is -0.481 e. The van der Waals surface area contributed by atoms with Crippen LogP contribution in [-0.4, -0.2) is 88.0 Å². The van der Waals surface area contributed by atoms with Gasteiger partial charge in [0.25, 0.3) is 0 Å². The molecule has 0 atom stereocenters. The largest absolute Gasteiger partial charge is 0.481 e. The SMILES string of the molecule is CC(C)Cn1cc(-c2cccc(C(C)C)c2)cn1.CC(C)c1cccc(-c2cnc(=O)[nH]c2)c1.CC(C)c1cccc(-c2cnn(C(C)C)c2)c1.CC(C)c1cccc(-c2cnn(C3CCCC3)c2)c1.CC(C)c1cccc(-c2cnn(Cc3ccccc3)c2)c1.COc1cc(-c2cccc(C(C)C)c2)ccn1.COc1ncc(-c2cccc(C(C)C)c2)cn1.Cc1nn(C)cc1-c1cccc(C(C)C)c1. The molecule has 8 aromatic heterocycles. The second-order valence-corrected chi connectivity index (χ2v) is 39.6. The van der Waals surface area contributed by atoms with Crippen molar-refractivity contribution in [2.75, 3.05) is 14.2 Å². The molecular weight excluding hydrogens is 1740 g/mol. The fraction of sp³-hybridized carbons (Fsp3) is 0.333. The van der Waals surface area contributed by atoms with Crippen molar-refractivity contribution in [3.8, 4) is 101 Å². The fourth-order valence-electron chi connectivity index (χ4n) is 16.2. The average molecular weight is 1890 g/mol. The Kier molecular flexibility index (Phi) is 40.4. The third kappa shape index (κ3) is 32.7. The van der Waals surface area contributed by atoms with E-state index >= 15 is 0 Å². The maximum Gasteiger partial charge on any atom is 0.344 e. The standard InChI is InChI=1S/C19H20N2.C17H22N2.C16H22N2.C15H20N2.C15H17NO.C14H16N2O.C14H18N2.C13H14N2O/c1-15(2)17-9-6-10-18(11-17)19-12-20-21(14-19)13-16-7-4-3-5-8-16;1-13(2)14-6-5-7-15(10-14)16-11-18-19(12-16)17-8-3-4-9-17;1-12(2)10-18-11-16(9-17-18)15-7-5-6-14(8-15)13(3)4;1-11(2)13-6-5-7-14(8-13)15-9-16-17(10-15)12(3)4;1-11(2)12-5-4-6-13(9-12)14-7-8-16-15(10-14)17-3;1-10(2)11-5-4-6-12(7-11)13-8-15-14(17-3)16-9-13;1-10(2)12-6-5-7-13(8-12)14-9-16(4)15-11(14)3;1-9(2)10-4-3-5-11(6-10)12-7-14-13(16)15-8-12/h3-12,14-15H,13H2,1-2H3;5-7,10-13,17H,3-4,8-9H2,1-2H3;5-9,11-13H,10H2,1-4H3;5-12H,1-4H3;4-11H,1-3H3;4-10H,1-3H3;5-10H,1-4H3;3-9H,1-2H3,(H,14,15,16). The van der Waals surface area contributed by atoms with E-state index in [1.54, 1.807) is 45.2 Å². The molecule has 1 fully saturated rings. The number of aryl methyl sites for hydroxylation is 2. The van der Waals surface area contributed by atoms with Gasteiger partial charge in [-0.15, -0.1) is 0 Å². The molecule has 1 aliphatic carbocycles. The molecule has 18 nitrogen and oxygen atoms in total. The van der Waals surface area contributed by atoms with Crippen molar-refractivity contribution in [3.05, 3.63) is 390 Å². The zero-order valence-corrected chi connectivity index (χ0v) is 87.7. The highest BCUT2D eigenvalue weighted by atomic mass is 16.5. The highest BCUT2D eigenvalue weighted by Gasteiger charge is 2.20. The second-order valence-electron chi connectivity index (χ2n) is 39.6. The Morgan fingerprint density at radius 1 is 0.348 bits per heavy atom. The molecule has 0 spiro atoms. The van der Waals surface area contributed by atoms with Crippen molar-refractivity contribution in [3.63, 3.8) is 0 Å². The molecule has 17 aromatic rings. The highest BCUT2D eigenvalue weighted by molar-refractivity contribution is 5.70. The van der Waals surface area contributed by atoms with Gasteiger partial charge in [0.15, 0.2) is 0 Å². The molecular formula is C123H149N15O3. The molecule has 8 heterocycles. The van der Waals surface area contributed by atoms with Crippen LogP contribution in [0.4, 0.5) is 0 Å². The molecule has 0 aliphatic heterocycles. The number of aromatic nitrogens is 15. The van der Waals surface area contributed by atoms with Crippen LogP contribution in [0.1, 0.15) is 279 Å². The Balaban J connectivity index is 0.000000154. The van der Waals surface area contributed by atoms with Gasteiger partial charge in [0.2, 0.25) is 5.88 Å². The first kappa shape index (κ1) is 107. The number of pyridine rings is 1. The predicted octanol–water partition coefficient (Wildman–Crippen LogP) is 31.3. The van der Waals surface area contributed by atoms with Crippen molar-refractivity contribution >= 4 is 0 Å². The number of nitrogens with zero attached hydrogens (tertiary/aromatic N) is 14. The summed E-state index contributed by atoms with van der Waals surface area (Å²) in [5, 5.41) is 22.2. The van der Waals surface area contributed by atoms with E-state index in [0.717, 1.165) is 46.6 Å². The van der Waals surface area contributed by atoms with Gasteiger partial charge in [0.05, 0.1) is 57.3 Å². The van der Waals surface area contributed by atoms with Crippen molar-refractivity contribution in [2.45, 2.75) is 244 Å². The smallest absolute Gasteiger partial charge is 0.344 e. The van der Waals surface area contributed by atoms with Crippen LogP contribution >= 0.6 is 0 Å². The van der Waals surface area contributed by atoms with Crippen molar-refractivity contribution in [1.82, 2.24) is 73.8 Å². The summed E-state index contributed by atoms with van der Waals surface area (Å²) < 4.78 is 20.1. The Hall–Kier alpha value is -14.3. The van der Waals surface area contributed by atoms with Crippen molar-refractivity contribution in [2.24, 2.45) is 13.0 Å². The molecule has 1 saturated carbocycles. The predicted molar refractivity (Wildman–Crippen MR) is 586 cm³/mol. The van der Waals surface area contributed by atoms with E-state index in [-0.39, 0.29) is 5.69 Å². The maximum atomic E-state index is 10.9. The zero-order chi connectivity index (χ0) is 101. The van der Waals surface area contributed by atoms with Crippen LogP contribution in [0.5, 0.6) is 11.9 Å². The molecule has 9 aromatic carbocycles. The van der Waals surface area contributed by atoms with E-state index in [1.165, 1.54) is 137 Å². The normalized spacial score (nSPS) is 11.7. The minimum absolute atomic E-state index is 0.316. The molecule has 141 heavy (non-hydrogen) atoms. The molecule has 0 bridgehead atoms. The molecule has 18 heteroatoms. The summed E-state index contributed by atoms with van der Waals surface area (Å²) in [4.78, 5) is 29.5. The lowest BCUT2D eigenvalue weighted by Crippen LogP contribution is -2.07. The lowest BCUT2D eigenvalue weighted by atomic mass is 9.98. The average Bonchev–Trinajstić information content (AvgIpc) is 1.80. The summed E-state index contributed by atoms with van der Waals surface area (Å²) in [6.45, 7) is 47.9. The molecule has 0 radical (unpaired) electrons. The highest BCUT2D eigenvalue weighted by Crippen LogP contribution is 2.35.